The van der Waals surface area contributed by atoms with Gasteiger partial charge in [-0.2, -0.15) is 0 Å². The van der Waals surface area contributed by atoms with Gasteiger partial charge in [-0.3, -0.25) is 0 Å². The lowest BCUT2D eigenvalue weighted by molar-refractivity contribution is 0.345. The van der Waals surface area contributed by atoms with E-state index in [4.69, 9.17) is 5.73 Å². The van der Waals surface area contributed by atoms with Gasteiger partial charge in [-0.25, -0.2) is 9.97 Å². The summed E-state index contributed by atoms with van der Waals surface area (Å²) >= 11 is 0. The van der Waals surface area contributed by atoms with Gasteiger partial charge in [0.2, 0.25) is 5.95 Å². The number of aromatic nitrogens is 2. The van der Waals surface area contributed by atoms with Gasteiger partial charge in [0.25, 0.3) is 0 Å². The number of anilines is 1. The van der Waals surface area contributed by atoms with E-state index in [9.17, 15) is 0 Å². The second-order valence-corrected chi connectivity index (χ2v) is 4.56. The highest BCUT2D eigenvalue weighted by molar-refractivity contribution is 5.31. The Morgan fingerprint density at radius 3 is 3.06 bits per heavy atom. The van der Waals surface area contributed by atoms with E-state index in [1.807, 2.05) is 19.2 Å². The smallest absolute Gasteiger partial charge is 0.225 e. The normalized spacial score (nSPS) is 25.8. The highest BCUT2D eigenvalue weighted by Crippen LogP contribution is 2.21. The van der Waals surface area contributed by atoms with Gasteiger partial charge in [0, 0.05) is 31.0 Å². The predicted octanol–water partition coefficient (Wildman–Crippen LogP) is 1.35. The van der Waals surface area contributed by atoms with E-state index in [0.29, 0.717) is 12.0 Å². The summed E-state index contributed by atoms with van der Waals surface area (Å²) in [6.45, 7) is 6.16. The fraction of sp³-hybridized carbons (Fsp3) is 0.667. The molecule has 88 valence electrons. The fourth-order valence-electron chi connectivity index (χ4n) is 2.25. The summed E-state index contributed by atoms with van der Waals surface area (Å²) < 4.78 is 0. The number of rotatable bonds is 2. The fourth-order valence-corrected chi connectivity index (χ4v) is 2.25. The average Bonchev–Trinajstić information content (AvgIpc) is 2.29. The molecular formula is C12H20N4. The molecule has 0 aliphatic carbocycles. The van der Waals surface area contributed by atoms with Crippen LogP contribution in [0.25, 0.3) is 0 Å². The number of hydrogen-bond donors (Lipinski definition) is 1. The first-order chi connectivity index (χ1) is 7.70. The summed E-state index contributed by atoms with van der Waals surface area (Å²) in [6, 6.07) is 2.27. The van der Waals surface area contributed by atoms with Crippen molar-refractivity contribution in [3.63, 3.8) is 0 Å². The van der Waals surface area contributed by atoms with Crippen molar-refractivity contribution in [2.24, 2.45) is 11.7 Å². The Hall–Kier alpha value is -1.16. The molecular weight excluding hydrogens is 200 g/mol. The van der Waals surface area contributed by atoms with Gasteiger partial charge in [0.1, 0.15) is 0 Å². The van der Waals surface area contributed by atoms with Crippen LogP contribution in [0.5, 0.6) is 0 Å². The zero-order chi connectivity index (χ0) is 11.5. The zero-order valence-corrected chi connectivity index (χ0v) is 10.1. The van der Waals surface area contributed by atoms with E-state index in [2.05, 4.69) is 21.8 Å². The molecule has 2 unspecified atom stereocenters. The van der Waals surface area contributed by atoms with Crippen LogP contribution in [-0.4, -0.2) is 29.1 Å². The SMILES string of the molecule is CCC1CN(c2nccc(C)n2)CCC1N. The molecule has 16 heavy (non-hydrogen) atoms. The van der Waals surface area contributed by atoms with Gasteiger partial charge in [-0.05, 0) is 25.3 Å². The van der Waals surface area contributed by atoms with E-state index in [-0.39, 0.29) is 0 Å². The van der Waals surface area contributed by atoms with Crippen molar-refractivity contribution in [1.29, 1.82) is 0 Å². The van der Waals surface area contributed by atoms with E-state index in [0.717, 1.165) is 37.6 Å². The maximum atomic E-state index is 6.09. The van der Waals surface area contributed by atoms with E-state index >= 15 is 0 Å². The van der Waals surface area contributed by atoms with Crippen LogP contribution in [-0.2, 0) is 0 Å². The highest BCUT2D eigenvalue weighted by Gasteiger charge is 2.26. The van der Waals surface area contributed by atoms with Crippen LogP contribution in [0.15, 0.2) is 12.3 Å². The molecule has 0 aromatic carbocycles. The Morgan fingerprint density at radius 2 is 2.38 bits per heavy atom. The van der Waals surface area contributed by atoms with E-state index < -0.39 is 0 Å². The number of nitrogens with two attached hydrogens (primary N) is 1. The molecule has 1 fully saturated rings. The highest BCUT2D eigenvalue weighted by atomic mass is 15.3. The third-order valence-corrected chi connectivity index (χ3v) is 3.38. The second-order valence-electron chi connectivity index (χ2n) is 4.56. The molecule has 0 amide bonds. The third-order valence-electron chi connectivity index (χ3n) is 3.38. The van der Waals surface area contributed by atoms with E-state index in [1.54, 1.807) is 0 Å². The first kappa shape index (κ1) is 11.3. The van der Waals surface area contributed by atoms with Crippen LogP contribution in [0.1, 0.15) is 25.5 Å². The van der Waals surface area contributed by atoms with Crippen molar-refractivity contribution in [3.05, 3.63) is 18.0 Å². The molecule has 4 heteroatoms. The largest absolute Gasteiger partial charge is 0.340 e. The van der Waals surface area contributed by atoms with Crippen molar-refractivity contribution in [2.45, 2.75) is 32.7 Å². The summed E-state index contributed by atoms with van der Waals surface area (Å²) in [5, 5.41) is 0. The van der Waals surface area contributed by atoms with Crippen LogP contribution in [0.3, 0.4) is 0 Å². The van der Waals surface area contributed by atoms with Gasteiger partial charge in [-0.1, -0.05) is 13.3 Å². The average molecular weight is 220 g/mol. The van der Waals surface area contributed by atoms with Crippen LogP contribution in [0.4, 0.5) is 5.95 Å². The number of nitrogens with zero attached hydrogens (tertiary/aromatic N) is 3. The lowest BCUT2D eigenvalue weighted by Crippen LogP contribution is -2.47. The molecule has 1 saturated heterocycles. The first-order valence-corrected chi connectivity index (χ1v) is 6.01. The molecule has 0 bridgehead atoms. The molecule has 1 aliphatic rings. The van der Waals surface area contributed by atoms with Crippen LogP contribution in [0.2, 0.25) is 0 Å². The molecule has 2 atom stereocenters. The Balaban J connectivity index is 2.11. The standard InChI is InChI=1S/C12H20N4/c1-3-10-8-16(7-5-11(10)13)12-14-6-4-9(2)15-12/h4,6,10-11H,3,5,7-8,13H2,1-2H3. The monoisotopic (exact) mass is 220 g/mol. The minimum absolute atomic E-state index is 0.339. The van der Waals surface area contributed by atoms with Crippen LogP contribution >= 0.6 is 0 Å². The quantitative estimate of drug-likeness (QED) is 0.817. The number of hydrogen-bond acceptors (Lipinski definition) is 4. The van der Waals surface area contributed by atoms with Crippen LogP contribution < -0.4 is 10.6 Å². The minimum Gasteiger partial charge on any atom is -0.340 e. The molecule has 0 spiro atoms. The first-order valence-electron chi connectivity index (χ1n) is 6.01. The van der Waals surface area contributed by atoms with Gasteiger partial charge in [0.05, 0.1) is 0 Å². The number of piperidine rings is 1. The predicted molar refractivity (Wildman–Crippen MR) is 65.4 cm³/mol. The Bertz CT molecular complexity index is 353. The molecule has 2 rings (SSSR count). The van der Waals surface area contributed by atoms with Crippen molar-refractivity contribution in [1.82, 2.24) is 9.97 Å². The summed E-state index contributed by atoms with van der Waals surface area (Å²) in [6.07, 6.45) is 3.99. The van der Waals surface area contributed by atoms with Gasteiger partial charge < -0.3 is 10.6 Å². The second kappa shape index (κ2) is 4.78. The molecule has 4 nitrogen and oxygen atoms in total. The molecule has 0 saturated carbocycles. The van der Waals surface area contributed by atoms with Crippen molar-refractivity contribution in [2.75, 3.05) is 18.0 Å². The summed E-state index contributed by atoms with van der Waals surface area (Å²) in [4.78, 5) is 11.1. The Morgan fingerprint density at radius 1 is 1.56 bits per heavy atom. The third kappa shape index (κ3) is 2.32. The van der Waals surface area contributed by atoms with Gasteiger partial charge in [-0.15, -0.1) is 0 Å². The summed E-state index contributed by atoms with van der Waals surface area (Å²) in [5.41, 5.74) is 7.11. The lowest BCUT2D eigenvalue weighted by Gasteiger charge is -2.36. The van der Waals surface area contributed by atoms with Gasteiger partial charge >= 0.3 is 0 Å². The van der Waals surface area contributed by atoms with E-state index in [1.165, 1.54) is 0 Å². The molecule has 1 aromatic rings. The molecule has 0 radical (unpaired) electrons. The molecule has 1 aromatic heterocycles. The lowest BCUT2D eigenvalue weighted by atomic mass is 9.91. The minimum atomic E-state index is 0.339. The van der Waals surface area contributed by atoms with Crippen molar-refractivity contribution >= 4 is 5.95 Å². The van der Waals surface area contributed by atoms with Crippen LogP contribution in [0, 0.1) is 12.8 Å². The summed E-state index contributed by atoms with van der Waals surface area (Å²) in [5.74, 6) is 1.42. The maximum absolute atomic E-state index is 6.09. The maximum Gasteiger partial charge on any atom is 0.225 e. The van der Waals surface area contributed by atoms with Crippen molar-refractivity contribution in [3.8, 4) is 0 Å². The van der Waals surface area contributed by atoms with Gasteiger partial charge in [0.15, 0.2) is 0 Å². The molecule has 2 N–H and O–H groups in total. The number of aryl methyl sites for hydroxylation is 1. The topological polar surface area (TPSA) is 55.0 Å². The molecule has 2 heterocycles. The molecule has 1 aliphatic heterocycles. The van der Waals surface area contributed by atoms with Crippen molar-refractivity contribution < 1.29 is 0 Å². The Labute approximate surface area is 96.9 Å². The summed E-state index contributed by atoms with van der Waals surface area (Å²) in [7, 11) is 0. The Kier molecular flexibility index (Phi) is 3.39. The zero-order valence-electron chi connectivity index (χ0n) is 10.1.